The Morgan fingerprint density at radius 1 is 0.500 bits per heavy atom. The Morgan fingerprint density at radius 2 is 1.00 bits per heavy atom. The minimum absolute atomic E-state index is 1.14. The minimum Gasteiger partial charge on any atom is -0.247 e. The van der Waals surface area contributed by atoms with E-state index in [1.165, 1.54) is 72.1 Å². The SMILES string of the molecule is Cc1cc(-c2nc3c(C)c(C)c(C)c(C)c3c(C)c2C)c(C)c(C)c1C. The summed E-state index contributed by atoms with van der Waals surface area (Å²) in [5, 5.41) is 1.34. The van der Waals surface area contributed by atoms with Gasteiger partial charge in [0, 0.05) is 10.9 Å². The van der Waals surface area contributed by atoms with Crippen molar-refractivity contribution >= 4 is 10.9 Å². The first kappa shape index (κ1) is 18.6. The van der Waals surface area contributed by atoms with Crippen LogP contribution in [0.5, 0.6) is 0 Å². The van der Waals surface area contributed by atoms with Crippen LogP contribution in [0.1, 0.15) is 55.6 Å². The van der Waals surface area contributed by atoms with E-state index in [2.05, 4.69) is 75.3 Å². The molecule has 2 aromatic carbocycles. The highest BCUT2D eigenvalue weighted by Gasteiger charge is 2.19. The highest BCUT2D eigenvalue weighted by Crippen LogP contribution is 2.37. The summed E-state index contributed by atoms with van der Waals surface area (Å²) in [4.78, 5) is 5.24. The molecule has 0 aliphatic heterocycles. The van der Waals surface area contributed by atoms with E-state index in [1.54, 1.807) is 0 Å². The summed E-state index contributed by atoms with van der Waals surface area (Å²) in [6.45, 7) is 22.3. The van der Waals surface area contributed by atoms with Gasteiger partial charge < -0.3 is 0 Å². The lowest BCUT2D eigenvalue weighted by atomic mass is 9.87. The van der Waals surface area contributed by atoms with E-state index in [0.29, 0.717) is 0 Å². The summed E-state index contributed by atoms with van der Waals surface area (Å²) in [6, 6.07) is 2.32. The maximum atomic E-state index is 5.24. The van der Waals surface area contributed by atoms with Gasteiger partial charge in [-0.1, -0.05) is 0 Å². The largest absolute Gasteiger partial charge is 0.247 e. The van der Waals surface area contributed by atoms with Gasteiger partial charge in [0.25, 0.3) is 0 Å². The second-order valence-corrected chi connectivity index (χ2v) is 8.05. The zero-order valence-electron chi connectivity index (χ0n) is 18.0. The number of rotatable bonds is 1. The Balaban J connectivity index is 2.50. The van der Waals surface area contributed by atoms with Crippen molar-refractivity contribution in [3.63, 3.8) is 0 Å². The molecule has 0 spiro atoms. The molecule has 1 heterocycles. The van der Waals surface area contributed by atoms with E-state index in [9.17, 15) is 0 Å². The summed E-state index contributed by atoms with van der Waals surface area (Å²) in [5.74, 6) is 0. The average molecular weight is 346 g/mol. The highest BCUT2D eigenvalue weighted by molar-refractivity contribution is 5.93. The number of pyridine rings is 1. The summed E-state index contributed by atoms with van der Waals surface area (Å²) in [7, 11) is 0. The molecule has 0 bridgehead atoms. The van der Waals surface area contributed by atoms with E-state index >= 15 is 0 Å². The number of aromatic nitrogens is 1. The van der Waals surface area contributed by atoms with Crippen LogP contribution in [0.2, 0.25) is 0 Å². The molecule has 0 unspecified atom stereocenters. The number of fused-ring (bicyclic) bond motifs is 1. The normalized spacial score (nSPS) is 11.5. The first-order valence-corrected chi connectivity index (χ1v) is 9.52. The second kappa shape index (κ2) is 6.23. The first-order valence-electron chi connectivity index (χ1n) is 9.52. The van der Waals surface area contributed by atoms with E-state index in [4.69, 9.17) is 4.98 Å². The molecule has 1 heteroatoms. The minimum atomic E-state index is 1.14. The molecule has 0 N–H and O–H groups in total. The van der Waals surface area contributed by atoms with Crippen molar-refractivity contribution in [2.24, 2.45) is 0 Å². The van der Waals surface area contributed by atoms with Crippen molar-refractivity contribution in [2.45, 2.75) is 69.2 Å². The number of hydrogen-bond acceptors (Lipinski definition) is 1. The van der Waals surface area contributed by atoms with Crippen LogP contribution in [0.3, 0.4) is 0 Å². The van der Waals surface area contributed by atoms with Crippen LogP contribution in [0.15, 0.2) is 6.07 Å². The summed E-state index contributed by atoms with van der Waals surface area (Å²) in [6.07, 6.45) is 0. The maximum Gasteiger partial charge on any atom is 0.0747 e. The fourth-order valence-corrected chi connectivity index (χ4v) is 4.17. The van der Waals surface area contributed by atoms with Crippen molar-refractivity contribution in [3.8, 4) is 11.3 Å². The lowest BCUT2D eigenvalue weighted by molar-refractivity contribution is 1.17. The van der Waals surface area contributed by atoms with Crippen LogP contribution in [-0.2, 0) is 0 Å². The lowest BCUT2D eigenvalue weighted by Gasteiger charge is -2.21. The van der Waals surface area contributed by atoms with Gasteiger partial charge in [-0.2, -0.15) is 0 Å². The van der Waals surface area contributed by atoms with Gasteiger partial charge >= 0.3 is 0 Å². The molecule has 3 rings (SSSR count). The van der Waals surface area contributed by atoms with Gasteiger partial charge in [0.15, 0.2) is 0 Å². The van der Waals surface area contributed by atoms with E-state index < -0.39 is 0 Å². The predicted octanol–water partition coefficient (Wildman–Crippen LogP) is 6.99. The molecule has 0 amide bonds. The van der Waals surface area contributed by atoms with Gasteiger partial charge in [0.2, 0.25) is 0 Å². The molecule has 26 heavy (non-hydrogen) atoms. The molecular weight excluding hydrogens is 314 g/mol. The summed E-state index contributed by atoms with van der Waals surface area (Å²) < 4.78 is 0. The molecule has 3 aromatic rings. The topological polar surface area (TPSA) is 12.9 Å². The van der Waals surface area contributed by atoms with Gasteiger partial charge in [0.1, 0.15) is 0 Å². The van der Waals surface area contributed by atoms with Crippen LogP contribution >= 0.6 is 0 Å². The molecule has 0 saturated carbocycles. The van der Waals surface area contributed by atoms with E-state index in [-0.39, 0.29) is 0 Å². The van der Waals surface area contributed by atoms with E-state index in [1.807, 2.05) is 0 Å². The Bertz CT molecular complexity index is 1070. The molecule has 0 fully saturated rings. The van der Waals surface area contributed by atoms with Crippen molar-refractivity contribution in [3.05, 3.63) is 61.7 Å². The lowest BCUT2D eigenvalue weighted by Crippen LogP contribution is -2.03. The molecule has 0 aliphatic carbocycles. The van der Waals surface area contributed by atoms with Crippen LogP contribution in [-0.4, -0.2) is 4.98 Å². The van der Waals surface area contributed by atoms with Gasteiger partial charge in [0.05, 0.1) is 11.2 Å². The molecule has 1 aromatic heterocycles. The van der Waals surface area contributed by atoms with Gasteiger partial charge in [-0.05, 0) is 131 Å². The van der Waals surface area contributed by atoms with Crippen LogP contribution < -0.4 is 0 Å². The van der Waals surface area contributed by atoms with E-state index in [0.717, 1.165) is 5.69 Å². The van der Waals surface area contributed by atoms with Crippen molar-refractivity contribution in [2.75, 3.05) is 0 Å². The van der Waals surface area contributed by atoms with Crippen LogP contribution in [0.4, 0.5) is 0 Å². The Kier molecular flexibility index (Phi) is 4.46. The fourth-order valence-electron chi connectivity index (χ4n) is 4.17. The Morgan fingerprint density at radius 3 is 1.62 bits per heavy atom. The summed E-state index contributed by atoms with van der Waals surface area (Å²) >= 11 is 0. The molecule has 0 aliphatic rings. The summed E-state index contributed by atoms with van der Waals surface area (Å²) in [5.41, 5.74) is 17.2. The average Bonchev–Trinajstić information content (AvgIpc) is 2.61. The van der Waals surface area contributed by atoms with Gasteiger partial charge in [-0.3, -0.25) is 0 Å². The first-order chi connectivity index (χ1) is 12.1. The van der Waals surface area contributed by atoms with Gasteiger partial charge in [-0.15, -0.1) is 0 Å². The predicted molar refractivity (Wildman–Crippen MR) is 115 cm³/mol. The Hall–Kier alpha value is -2.15. The zero-order valence-corrected chi connectivity index (χ0v) is 18.0. The third kappa shape index (κ3) is 2.48. The van der Waals surface area contributed by atoms with Crippen molar-refractivity contribution < 1.29 is 0 Å². The number of nitrogens with zero attached hydrogens (tertiary/aromatic N) is 1. The second-order valence-electron chi connectivity index (χ2n) is 8.05. The van der Waals surface area contributed by atoms with Crippen molar-refractivity contribution in [1.82, 2.24) is 4.98 Å². The zero-order chi connectivity index (χ0) is 19.5. The van der Waals surface area contributed by atoms with Gasteiger partial charge in [-0.25, -0.2) is 4.98 Å². The molecule has 0 radical (unpaired) electrons. The monoisotopic (exact) mass is 345 g/mol. The fraction of sp³-hybridized carbons (Fsp3) is 0.400. The third-order valence-electron chi connectivity index (χ3n) is 6.91. The molecule has 136 valence electrons. The van der Waals surface area contributed by atoms with Crippen LogP contribution in [0.25, 0.3) is 22.2 Å². The molecule has 0 saturated heterocycles. The number of benzene rings is 2. The molecule has 0 atom stereocenters. The third-order valence-corrected chi connectivity index (χ3v) is 6.91. The quantitative estimate of drug-likeness (QED) is 0.463. The maximum absolute atomic E-state index is 5.24. The van der Waals surface area contributed by atoms with Crippen molar-refractivity contribution in [1.29, 1.82) is 0 Å². The standard InChI is InChI=1S/C25H31N/c1-12-11-22(17(6)14(3)13(12)2)24-21(10)19(8)23-18(7)15(4)16(5)20(9)25(23)26-24/h11H,1-10H3. The smallest absolute Gasteiger partial charge is 0.0747 e. The Labute approximate surface area is 158 Å². The number of aryl methyl sites for hydroxylation is 4. The van der Waals surface area contributed by atoms with Crippen LogP contribution in [0, 0.1) is 69.2 Å². The number of hydrogen-bond donors (Lipinski definition) is 0. The molecular formula is C25H31N. The highest BCUT2D eigenvalue weighted by atomic mass is 14.7. The molecule has 1 nitrogen and oxygen atoms in total.